The Hall–Kier alpha value is -3.27. The number of nitrogens with one attached hydrogen (secondary N) is 1. The lowest BCUT2D eigenvalue weighted by atomic mass is 9.84. The molecule has 1 saturated carbocycles. The molecule has 0 radical (unpaired) electrons. The SMILES string of the molecule is COc1nc(N[C@H]2CC[C@](C)(O)CC2)nn2cc(F)c(-c3cnc4nccn4c3)c12. The maximum Gasteiger partial charge on any atom is 0.244 e. The van der Waals surface area contributed by atoms with Crippen LogP contribution in [0.2, 0.25) is 0 Å². The summed E-state index contributed by atoms with van der Waals surface area (Å²) in [7, 11) is 1.50. The Morgan fingerprint density at radius 3 is 2.83 bits per heavy atom. The van der Waals surface area contributed by atoms with Crippen molar-refractivity contribution >= 4 is 17.2 Å². The highest BCUT2D eigenvalue weighted by atomic mass is 19.1. The number of methoxy groups -OCH3 is 1. The van der Waals surface area contributed by atoms with E-state index in [1.165, 1.54) is 17.8 Å². The van der Waals surface area contributed by atoms with Crippen molar-refractivity contribution in [2.75, 3.05) is 12.4 Å². The van der Waals surface area contributed by atoms with Gasteiger partial charge in [0.05, 0.1) is 24.5 Å². The van der Waals surface area contributed by atoms with Crippen molar-refractivity contribution in [2.45, 2.75) is 44.2 Å². The van der Waals surface area contributed by atoms with Crippen LogP contribution < -0.4 is 10.1 Å². The molecule has 0 aromatic carbocycles. The van der Waals surface area contributed by atoms with Gasteiger partial charge in [0.2, 0.25) is 17.6 Å². The van der Waals surface area contributed by atoms with E-state index in [1.807, 2.05) is 6.92 Å². The highest BCUT2D eigenvalue weighted by Crippen LogP contribution is 2.34. The first kappa shape index (κ1) is 18.7. The van der Waals surface area contributed by atoms with Gasteiger partial charge in [-0.1, -0.05) is 0 Å². The summed E-state index contributed by atoms with van der Waals surface area (Å²) >= 11 is 0. The summed E-state index contributed by atoms with van der Waals surface area (Å²) in [5.41, 5.74) is 0.685. The van der Waals surface area contributed by atoms with Crippen molar-refractivity contribution in [3.63, 3.8) is 0 Å². The van der Waals surface area contributed by atoms with Crippen LogP contribution in [-0.2, 0) is 0 Å². The Morgan fingerprint density at radius 2 is 2.07 bits per heavy atom. The van der Waals surface area contributed by atoms with Gasteiger partial charge in [-0.05, 0) is 32.6 Å². The van der Waals surface area contributed by atoms with E-state index in [0.717, 1.165) is 12.8 Å². The number of hydrogen-bond donors (Lipinski definition) is 2. The zero-order valence-electron chi connectivity index (χ0n) is 16.7. The minimum absolute atomic E-state index is 0.139. The van der Waals surface area contributed by atoms with Gasteiger partial charge in [0, 0.05) is 36.4 Å². The summed E-state index contributed by atoms with van der Waals surface area (Å²) in [4.78, 5) is 12.9. The van der Waals surface area contributed by atoms with E-state index in [-0.39, 0.29) is 11.9 Å². The molecule has 2 N–H and O–H groups in total. The Kier molecular flexibility index (Phi) is 4.31. The number of fused-ring (bicyclic) bond motifs is 2. The monoisotopic (exact) mass is 411 g/mol. The number of ether oxygens (including phenoxy) is 1. The maximum atomic E-state index is 15.0. The van der Waals surface area contributed by atoms with Crippen LogP contribution in [0.15, 0.2) is 31.0 Å². The predicted molar refractivity (Wildman–Crippen MR) is 108 cm³/mol. The van der Waals surface area contributed by atoms with Gasteiger partial charge in [0.25, 0.3) is 0 Å². The zero-order valence-corrected chi connectivity index (χ0v) is 16.7. The highest BCUT2D eigenvalue weighted by Gasteiger charge is 2.29. The van der Waals surface area contributed by atoms with Crippen LogP contribution in [0.1, 0.15) is 32.6 Å². The van der Waals surface area contributed by atoms with Crippen LogP contribution in [0, 0.1) is 5.82 Å². The van der Waals surface area contributed by atoms with Crippen molar-refractivity contribution in [3.05, 3.63) is 36.8 Å². The van der Waals surface area contributed by atoms with Gasteiger partial charge in [-0.3, -0.25) is 4.40 Å². The highest BCUT2D eigenvalue weighted by molar-refractivity contribution is 5.84. The molecule has 0 bridgehead atoms. The molecule has 9 nitrogen and oxygen atoms in total. The minimum Gasteiger partial charge on any atom is -0.479 e. The first-order chi connectivity index (χ1) is 14.4. The number of anilines is 1. The molecule has 0 amide bonds. The second kappa shape index (κ2) is 6.91. The number of halogens is 1. The summed E-state index contributed by atoms with van der Waals surface area (Å²) in [5, 5.41) is 17.9. The zero-order chi connectivity index (χ0) is 20.9. The summed E-state index contributed by atoms with van der Waals surface area (Å²) < 4.78 is 23.6. The summed E-state index contributed by atoms with van der Waals surface area (Å²) in [6.07, 6.45) is 11.0. The third-order valence-electron chi connectivity index (χ3n) is 5.68. The van der Waals surface area contributed by atoms with Crippen LogP contribution in [0.4, 0.5) is 10.3 Å². The number of hydrogen-bond acceptors (Lipinski definition) is 7. The Labute approximate surface area is 171 Å². The van der Waals surface area contributed by atoms with Crippen molar-refractivity contribution in [2.24, 2.45) is 0 Å². The van der Waals surface area contributed by atoms with Crippen LogP contribution >= 0.6 is 0 Å². The summed E-state index contributed by atoms with van der Waals surface area (Å²) in [5.74, 6) is 0.703. The summed E-state index contributed by atoms with van der Waals surface area (Å²) in [6, 6.07) is 0.139. The number of aromatic nitrogens is 6. The molecule has 1 aliphatic carbocycles. The molecule has 10 heteroatoms. The van der Waals surface area contributed by atoms with E-state index >= 15 is 0 Å². The molecule has 1 fully saturated rings. The molecule has 5 rings (SSSR count). The smallest absolute Gasteiger partial charge is 0.244 e. The fraction of sp³-hybridized carbons (Fsp3) is 0.400. The van der Waals surface area contributed by atoms with Crippen molar-refractivity contribution in [1.82, 2.24) is 29.0 Å². The van der Waals surface area contributed by atoms with Gasteiger partial charge in [0.15, 0.2) is 5.82 Å². The molecule has 0 aliphatic heterocycles. The molecule has 0 saturated heterocycles. The number of nitrogens with zero attached hydrogens (tertiary/aromatic N) is 6. The lowest BCUT2D eigenvalue weighted by Gasteiger charge is -2.33. The Morgan fingerprint density at radius 1 is 1.27 bits per heavy atom. The largest absolute Gasteiger partial charge is 0.479 e. The normalized spacial score (nSPS) is 21.9. The van der Waals surface area contributed by atoms with Crippen molar-refractivity contribution in [3.8, 4) is 17.0 Å². The Balaban J connectivity index is 1.53. The minimum atomic E-state index is -0.622. The van der Waals surface area contributed by atoms with Crippen LogP contribution in [0.5, 0.6) is 5.88 Å². The first-order valence-corrected chi connectivity index (χ1v) is 9.84. The third kappa shape index (κ3) is 3.22. The third-order valence-corrected chi connectivity index (χ3v) is 5.68. The van der Waals surface area contributed by atoms with E-state index in [9.17, 15) is 9.50 Å². The van der Waals surface area contributed by atoms with Crippen LogP contribution in [0.25, 0.3) is 22.4 Å². The fourth-order valence-electron chi connectivity index (χ4n) is 4.01. The summed E-state index contributed by atoms with van der Waals surface area (Å²) in [6.45, 7) is 1.86. The topological polar surface area (TPSA) is 102 Å². The number of aliphatic hydroxyl groups is 1. The van der Waals surface area contributed by atoms with E-state index in [1.54, 1.807) is 29.2 Å². The molecule has 4 aromatic heterocycles. The molecule has 0 atom stereocenters. The molecule has 156 valence electrons. The van der Waals surface area contributed by atoms with Crippen molar-refractivity contribution in [1.29, 1.82) is 0 Å². The lowest BCUT2D eigenvalue weighted by molar-refractivity contribution is 0.0195. The molecule has 30 heavy (non-hydrogen) atoms. The van der Waals surface area contributed by atoms with E-state index < -0.39 is 11.4 Å². The number of imidazole rings is 1. The van der Waals surface area contributed by atoms with Gasteiger partial charge in [-0.15, -0.1) is 5.10 Å². The quantitative estimate of drug-likeness (QED) is 0.532. The van der Waals surface area contributed by atoms with Gasteiger partial charge < -0.3 is 15.2 Å². The standard InChI is InChI=1S/C20H22FN7O2/c1-20(29)5-3-13(4-6-20)24-18-25-17(30-2)16-15(14(21)11-28(16)26-18)12-9-23-19-22-7-8-27(19)10-12/h7-11,13,29H,3-6H2,1-2H3,(H,24,26)/t13-,20-. The molecule has 0 spiro atoms. The lowest BCUT2D eigenvalue weighted by Crippen LogP contribution is -2.36. The molecule has 0 unspecified atom stereocenters. The molecule has 4 heterocycles. The second-order valence-electron chi connectivity index (χ2n) is 7.98. The fourth-order valence-corrected chi connectivity index (χ4v) is 4.01. The second-order valence-corrected chi connectivity index (χ2v) is 7.98. The molecule has 4 aromatic rings. The van der Waals surface area contributed by atoms with Gasteiger partial charge in [-0.2, -0.15) is 4.98 Å². The molecular formula is C20H22FN7O2. The van der Waals surface area contributed by atoms with E-state index in [4.69, 9.17) is 4.74 Å². The molecule has 1 aliphatic rings. The Bertz CT molecular complexity index is 1220. The van der Waals surface area contributed by atoms with Crippen molar-refractivity contribution < 1.29 is 14.2 Å². The average Bonchev–Trinajstić information content (AvgIpc) is 3.31. The van der Waals surface area contributed by atoms with E-state index in [2.05, 4.69) is 25.4 Å². The van der Waals surface area contributed by atoms with E-state index in [0.29, 0.717) is 41.2 Å². The average molecular weight is 411 g/mol. The first-order valence-electron chi connectivity index (χ1n) is 9.84. The van der Waals surface area contributed by atoms with Gasteiger partial charge in [0.1, 0.15) is 5.52 Å². The predicted octanol–water partition coefficient (Wildman–Crippen LogP) is 2.69. The van der Waals surface area contributed by atoms with Crippen LogP contribution in [-0.4, -0.2) is 52.8 Å². The van der Waals surface area contributed by atoms with Gasteiger partial charge in [-0.25, -0.2) is 18.9 Å². The van der Waals surface area contributed by atoms with Gasteiger partial charge >= 0.3 is 0 Å². The van der Waals surface area contributed by atoms with Crippen LogP contribution in [0.3, 0.4) is 0 Å². The molecular weight excluding hydrogens is 389 g/mol. The maximum absolute atomic E-state index is 15.0. The number of rotatable bonds is 4.